The van der Waals surface area contributed by atoms with E-state index in [1.54, 1.807) is 0 Å². The number of aromatic carboxylic acids is 1. The van der Waals surface area contributed by atoms with Gasteiger partial charge in [0.15, 0.2) is 0 Å². The van der Waals surface area contributed by atoms with E-state index in [0.717, 1.165) is 6.07 Å². The molecule has 0 aliphatic rings. The van der Waals surface area contributed by atoms with Crippen LogP contribution >= 0.6 is 0 Å². The van der Waals surface area contributed by atoms with E-state index >= 15 is 0 Å². The molecule has 0 unspecified atom stereocenters. The number of alkyl halides is 3. The fourth-order valence-corrected chi connectivity index (χ4v) is 1.53. The number of hydrogen-bond donors (Lipinski definition) is 3. The Bertz CT molecular complexity index is 663. The zero-order chi connectivity index (χ0) is 14.2. The molecule has 0 radical (unpaired) electrons. The Balaban J connectivity index is 2.51. The molecule has 0 atom stereocenters. The van der Waals surface area contributed by atoms with Crippen molar-refractivity contribution >= 4 is 28.5 Å². The minimum Gasteiger partial charge on any atom is -0.478 e. The van der Waals surface area contributed by atoms with Crippen LogP contribution in [0.2, 0.25) is 0 Å². The number of carboxylic acid groups (broad SMARTS) is 1. The predicted molar refractivity (Wildman–Crippen MR) is 57.7 cm³/mol. The summed E-state index contributed by atoms with van der Waals surface area (Å²) in [6, 6.07) is 2.42. The molecule has 0 saturated carbocycles. The van der Waals surface area contributed by atoms with Crippen LogP contribution in [0.3, 0.4) is 0 Å². The molecule has 19 heavy (non-hydrogen) atoms. The van der Waals surface area contributed by atoms with Gasteiger partial charge >= 0.3 is 18.1 Å². The Kier molecular flexibility index (Phi) is 2.89. The Morgan fingerprint density at radius 1 is 1.32 bits per heavy atom. The van der Waals surface area contributed by atoms with Gasteiger partial charge in [0.2, 0.25) is 0 Å². The van der Waals surface area contributed by atoms with Gasteiger partial charge in [-0.2, -0.15) is 18.3 Å². The van der Waals surface area contributed by atoms with Gasteiger partial charge in [0.25, 0.3) is 0 Å². The van der Waals surface area contributed by atoms with Crippen molar-refractivity contribution in [3.05, 3.63) is 23.9 Å². The molecule has 0 saturated heterocycles. The fraction of sp³-hybridized carbons (Fsp3) is 0.100. The number of carbonyl (C=O) groups is 2. The summed E-state index contributed by atoms with van der Waals surface area (Å²) in [4.78, 5) is 21.9. The average molecular weight is 273 g/mol. The molecule has 0 spiro atoms. The molecule has 6 nitrogen and oxygen atoms in total. The van der Waals surface area contributed by atoms with Crippen molar-refractivity contribution in [3.8, 4) is 0 Å². The third-order valence-corrected chi connectivity index (χ3v) is 2.34. The number of aromatic amines is 1. The van der Waals surface area contributed by atoms with Gasteiger partial charge in [0.05, 0.1) is 17.4 Å². The molecule has 0 aliphatic heterocycles. The molecule has 100 valence electrons. The minimum atomic E-state index is -5.10. The molecule has 1 amide bonds. The first kappa shape index (κ1) is 12.9. The molecule has 1 aromatic heterocycles. The lowest BCUT2D eigenvalue weighted by Gasteiger charge is -2.10. The Hall–Kier alpha value is -2.58. The molecule has 1 aromatic carbocycles. The Morgan fingerprint density at radius 2 is 2.00 bits per heavy atom. The lowest BCUT2D eigenvalue weighted by atomic mass is 10.1. The highest BCUT2D eigenvalue weighted by atomic mass is 19.4. The Morgan fingerprint density at radius 3 is 2.58 bits per heavy atom. The number of amides is 1. The van der Waals surface area contributed by atoms with Crippen molar-refractivity contribution in [1.82, 2.24) is 10.2 Å². The van der Waals surface area contributed by atoms with Gasteiger partial charge in [-0.05, 0) is 12.1 Å². The lowest BCUT2D eigenvalue weighted by Crippen LogP contribution is -2.30. The Labute approximate surface area is 103 Å². The molecule has 9 heteroatoms. The maximum Gasteiger partial charge on any atom is 0.471 e. The van der Waals surface area contributed by atoms with Crippen LogP contribution in [0, 0.1) is 0 Å². The van der Waals surface area contributed by atoms with Crippen molar-refractivity contribution in [2.45, 2.75) is 6.18 Å². The maximum atomic E-state index is 12.1. The minimum absolute atomic E-state index is 0.0347. The van der Waals surface area contributed by atoms with Crippen LogP contribution in [0.1, 0.15) is 10.4 Å². The number of benzene rings is 1. The number of halogens is 3. The maximum absolute atomic E-state index is 12.1. The zero-order valence-corrected chi connectivity index (χ0v) is 9.08. The summed E-state index contributed by atoms with van der Waals surface area (Å²) >= 11 is 0. The van der Waals surface area contributed by atoms with E-state index in [-0.39, 0.29) is 5.52 Å². The molecule has 0 fully saturated rings. The highest BCUT2D eigenvalue weighted by Gasteiger charge is 2.39. The summed E-state index contributed by atoms with van der Waals surface area (Å²) in [5.74, 6) is -3.72. The monoisotopic (exact) mass is 273 g/mol. The van der Waals surface area contributed by atoms with Gasteiger partial charge in [0.1, 0.15) is 5.56 Å². The zero-order valence-electron chi connectivity index (χ0n) is 9.08. The van der Waals surface area contributed by atoms with Gasteiger partial charge in [-0.15, -0.1) is 0 Å². The summed E-state index contributed by atoms with van der Waals surface area (Å²) in [6.45, 7) is 0. The molecule has 1 heterocycles. The van der Waals surface area contributed by atoms with E-state index in [1.165, 1.54) is 17.6 Å². The summed E-state index contributed by atoms with van der Waals surface area (Å²) in [5, 5.41) is 16.9. The second-order valence-electron chi connectivity index (χ2n) is 3.58. The number of aromatic nitrogens is 2. The van der Waals surface area contributed by atoms with E-state index in [2.05, 4.69) is 10.2 Å². The van der Waals surface area contributed by atoms with Crippen molar-refractivity contribution in [3.63, 3.8) is 0 Å². The topological polar surface area (TPSA) is 95.1 Å². The lowest BCUT2D eigenvalue weighted by molar-refractivity contribution is -0.167. The number of fused-ring (bicyclic) bond motifs is 1. The molecular formula is C10H6F3N3O3. The first-order valence-electron chi connectivity index (χ1n) is 4.88. The van der Waals surface area contributed by atoms with Crippen LogP contribution in [0.5, 0.6) is 0 Å². The normalized spacial score (nSPS) is 11.5. The van der Waals surface area contributed by atoms with E-state index < -0.39 is 29.3 Å². The van der Waals surface area contributed by atoms with Crippen molar-refractivity contribution < 1.29 is 27.9 Å². The van der Waals surface area contributed by atoms with Gasteiger partial charge in [0, 0.05) is 5.39 Å². The third kappa shape index (κ3) is 2.34. The standard InChI is InChI=1S/C10H6F3N3O3/c11-10(12,13)9(19)15-5-2-1-4-3-14-16-7(4)6(5)8(17)18/h1-3H,(H,14,16)(H,15,19)(H,17,18). The molecule has 0 bridgehead atoms. The fourth-order valence-electron chi connectivity index (χ4n) is 1.53. The number of carboxylic acids is 1. The highest BCUT2D eigenvalue weighted by molar-refractivity contribution is 6.10. The van der Waals surface area contributed by atoms with E-state index in [1.807, 2.05) is 0 Å². The van der Waals surface area contributed by atoms with Crippen molar-refractivity contribution in [2.75, 3.05) is 5.32 Å². The first-order valence-corrected chi connectivity index (χ1v) is 4.88. The predicted octanol–water partition coefficient (Wildman–Crippen LogP) is 1.76. The molecule has 2 aromatic rings. The number of hydrogen-bond acceptors (Lipinski definition) is 3. The quantitative estimate of drug-likeness (QED) is 0.777. The third-order valence-electron chi connectivity index (χ3n) is 2.34. The van der Waals surface area contributed by atoms with E-state index in [4.69, 9.17) is 5.11 Å². The van der Waals surface area contributed by atoms with Gasteiger partial charge in [-0.25, -0.2) is 4.79 Å². The number of anilines is 1. The average Bonchev–Trinajstić information content (AvgIpc) is 2.74. The number of carbonyl (C=O) groups excluding carboxylic acids is 1. The number of nitrogens with one attached hydrogen (secondary N) is 2. The number of nitrogens with zero attached hydrogens (tertiary/aromatic N) is 1. The van der Waals surface area contributed by atoms with Crippen molar-refractivity contribution in [2.24, 2.45) is 0 Å². The van der Waals surface area contributed by atoms with Gasteiger partial charge in [-0.1, -0.05) is 0 Å². The molecule has 2 rings (SSSR count). The molecule has 0 aliphatic carbocycles. The van der Waals surface area contributed by atoms with Crippen LogP contribution in [0.4, 0.5) is 18.9 Å². The van der Waals surface area contributed by atoms with Crippen LogP contribution in [0.15, 0.2) is 18.3 Å². The number of H-pyrrole nitrogens is 1. The van der Waals surface area contributed by atoms with Crippen molar-refractivity contribution in [1.29, 1.82) is 0 Å². The summed E-state index contributed by atoms with van der Waals surface area (Å²) < 4.78 is 36.4. The second kappa shape index (κ2) is 4.26. The summed E-state index contributed by atoms with van der Waals surface area (Å²) in [6.07, 6.45) is -3.78. The van der Waals surface area contributed by atoms with Crippen LogP contribution < -0.4 is 5.32 Å². The summed E-state index contributed by atoms with van der Waals surface area (Å²) in [7, 11) is 0. The second-order valence-corrected chi connectivity index (χ2v) is 3.58. The van der Waals surface area contributed by atoms with Crippen LogP contribution in [-0.2, 0) is 4.79 Å². The first-order chi connectivity index (χ1) is 8.80. The van der Waals surface area contributed by atoms with Gasteiger partial charge < -0.3 is 10.4 Å². The van der Waals surface area contributed by atoms with Crippen LogP contribution in [-0.4, -0.2) is 33.4 Å². The smallest absolute Gasteiger partial charge is 0.471 e. The largest absolute Gasteiger partial charge is 0.478 e. The van der Waals surface area contributed by atoms with Crippen LogP contribution in [0.25, 0.3) is 10.9 Å². The van der Waals surface area contributed by atoms with E-state index in [9.17, 15) is 22.8 Å². The molecule has 3 N–H and O–H groups in total. The number of rotatable bonds is 2. The molecular weight excluding hydrogens is 267 g/mol. The van der Waals surface area contributed by atoms with E-state index in [0.29, 0.717) is 5.39 Å². The highest BCUT2D eigenvalue weighted by Crippen LogP contribution is 2.26. The van der Waals surface area contributed by atoms with Gasteiger partial charge in [-0.3, -0.25) is 9.89 Å². The SMILES string of the molecule is O=C(O)c1c(NC(=O)C(F)(F)F)ccc2cn[nH]c12. The summed E-state index contributed by atoms with van der Waals surface area (Å²) in [5.41, 5.74) is -0.897.